The highest BCUT2D eigenvalue weighted by Crippen LogP contribution is 2.38. The summed E-state index contributed by atoms with van der Waals surface area (Å²) in [6.45, 7) is 0. The van der Waals surface area contributed by atoms with Gasteiger partial charge in [-0.25, -0.2) is 9.78 Å². The Morgan fingerprint density at radius 1 is 1.04 bits per heavy atom. The number of anilines is 2. The van der Waals surface area contributed by atoms with Crippen LogP contribution in [0.2, 0.25) is 5.28 Å². The van der Waals surface area contributed by atoms with E-state index in [0.717, 1.165) is 21.3 Å². The number of thiophene rings is 1. The molecule has 2 N–H and O–H groups in total. The Morgan fingerprint density at radius 3 is 2.54 bits per heavy atom. The monoisotopic (exact) mass is 381 g/mol. The van der Waals surface area contributed by atoms with Crippen LogP contribution < -0.4 is 5.32 Å². The molecule has 0 aliphatic rings. The molecule has 7 heteroatoms. The zero-order valence-electron chi connectivity index (χ0n) is 13.3. The number of carboxylic acid groups (broad SMARTS) is 1. The van der Waals surface area contributed by atoms with Gasteiger partial charge in [-0.3, -0.25) is 0 Å². The van der Waals surface area contributed by atoms with Gasteiger partial charge in [-0.15, -0.1) is 11.3 Å². The number of carbonyl (C=O) groups is 1. The van der Waals surface area contributed by atoms with Crippen LogP contribution in [-0.2, 0) is 0 Å². The number of aromatic carboxylic acids is 1. The van der Waals surface area contributed by atoms with Crippen LogP contribution in [0.3, 0.4) is 0 Å². The smallest absolute Gasteiger partial charge is 0.337 e. The lowest BCUT2D eigenvalue weighted by Gasteiger charge is -2.11. The van der Waals surface area contributed by atoms with Crippen molar-refractivity contribution >= 4 is 50.6 Å². The van der Waals surface area contributed by atoms with Gasteiger partial charge in [0.2, 0.25) is 5.28 Å². The van der Waals surface area contributed by atoms with Crippen molar-refractivity contribution in [2.75, 3.05) is 5.32 Å². The number of fused-ring (bicyclic) bond motifs is 1. The second-order valence-corrected chi connectivity index (χ2v) is 6.71. The Hall–Kier alpha value is -2.96. The molecule has 2 heterocycles. The predicted molar refractivity (Wildman–Crippen MR) is 105 cm³/mol. The number of carboxylic acids is 1. The molecule has 5 nitrogen and oxygen atoms in total. The maximum absolute atomic E-state index is 11.5. The van der Waals surface area contributed by atoms with Crippen LogP contribution in [-0.4, -0.2) is 21.0 Å². The molecule has 4 rings (SSSR count). The molecule has 2 aromatic heterocycles. The predicted octanol–water partition coefficient (Wildman–Crippen LogP) is 5.45. The molecule has 0 atom stereocenters. The fourth-order valence-corrected chi connectivity index (χ4v) is 3.91. The van der Waals surface area contributed by atoms with Crippen LogP contribution in [0.15, 0.2) is 60.0 Å². The Morgan fingerprint density at radius 2 is 1.77 bits per heavy atom. The van der Waals surface area contributed by atoms with Crippen LogP contribution in [0, 0.1) is 0 Å². The van der Waals surface area contributed by atoms with E-state index in [4.69, 9.17) is 11.6 Å². The summed E-state index contributed by atoms with van der Waals surface area (Å²) in [6.07, 6.45) is 0. The van der Waals surface area contributed by atoms with Gasteiger partial charge in [-0.1, -0.05) is 42.5 Å². The number of rotatable bonds is 4. The molecule has 2 aromatic carbocycles. The molecule has 0 saturated heterocycles. The third kappa shape index (κ3) is 3.00. The number of halogens is 1. The molecule has 0 spiro atoms. The summed E-state index contributed by atoms with van der Waals surface area (Å²) < 4.78 is 0. The zero-order valence-corrected chi connectivity index (χ0v) is 14.9. The van der Waals surface area contributed by atoms with E-state index in [1.54, 1.807) is 18.2 Å². The van der Waals surface area contributed by atoms with Gasteiger partial charge in [-0.05, 0) is 29.3 Å². The molecule has 0 radical (unpaired) electrons. The first-order valence-corrected chi connectivity index (χ1v) is 8.99. The number of nitrogens with one attached hydrogen (secondary N) is 1. The molecule has 4 aromatic rings. The summed E-state index contributed by atoms with van der Waals surface area (Å²) in [4.78, 5) is 20.8. The first-order valence-electron chi connectivity index (χ1n) is 7.73. The molecule has 128 valence electrons. The van der Waals surface area contributed by atoms with Crippen LogP contribution in [0.25, 0.3) is 21.3 Å². The van der Waals surface area contributed by atoms with Gasteiger partial charge < -0.3 is 10.4 Å². The lowest BCUT2D eigenvalue weighted by Crippen LogP contribution is -2.04. The van der Waals surface area contributed by atoms with E-state index < -0.39 is 5.97 Å². The van der Waals surface area contributed by atoms with Crippen molar-refractivity contribution in [3.8, 4) is 11.1 Å². The number of nitrogens with zero attached hydrogens (tertiary/aromatic N) is 2. The van der Waals surface area contributed by atoms with Crippen LogP contribution in [0.5, 0.6) is 0 Å². The van der Waals surface area contributed by atoms with E-state index in [0.29, 0.717) is 11.5 Å². The molecule has 0 unspecified atom stereocenters. The number of aromatic nitrogens is 2. The second-order valence-electron chi connectivity index (χ2n) is 5.51. The van der Waals surface area contributed by atoms with E-state index in [9.17, 15) is 9.90 Å². The minimum absolute atomic E-state index is 0.106. The van der Waals surface area contributed by atoms with Gasteiger partial charge in [0, 0.05) is 10.9 Å². The minimum Gasteiger partial charge on any atom is -0.478 e. The van der Waals surface area contributed by atoms with Crippen LogP contribution in [0.1, 0.15) is 10.4 Å². The first-order chi connectivity index (χ1) is 12.6. The van der Waals surface area contributed by atoms with Gasteiger partial charge in [0.15, 0.2) is 0 Å². The fourth-order valence-electron chi connectivity index (χ4n) is 2.74. The third-order valence-electron chi connectivity index (χ3n) is 3.90. The summed E-state index contributed by atoms with van der Waals surface area (Å²) in [6, 6.07) is 16.6. The summed E-state index contributed by atoms with van der Waals surface area (Å²) in [5, 5.41) is 15.4. The minimum atomic E-state index is -1.02. The number of para-hydroxylation sites is 1. The van der Waals surface area contributed by atoms with Gasteiger partial charge >= 0.3 is 5.97 Å². The Bertz CT molecular complexity index is 1110. The van der Waals surface area contributed by atoms with Crippen molar-refractivity contribution in [1.82, 2.24) is 9.97 Å². The van der Waals surface area contributed by atoms with Gasteiger partial charge in [0.25, 0.3) is 0 Å². The highest BCUT2D eigenvalue weighted by atomic mass is 35.5. The zero-order chi connectivity index (χ0) is 18.1. The Balaban J connectivity index is 1.90. The topological polar surface area (TPSA) is 75.1 Å². The van der Waals surface area contributed by atoms with E-state index >= 15 is 0 Å². The van der Waals surface area contributed by atoms with Gasteiger partial charge in [0.1, 0.15) is 10.6 Å². The molecule has 26 heavy (non-hydrogen) atoms. The number of benzene rings is 2. The lowest BCUT2D eigenvalue weighted by atomic mass is 10.1. The fraction of sp³-hybridized carbons (Fsp3) is 0. The highest BCUT2D eigenvalue weighted by Gasteiger charge is 2.17. The highest BCUT2D eigenvalue weighted by molar-refractivity contribution is 7.17. The number of hydrogen-bond donors (Lipinski definition) is 2. The largest absolute Gasteiger partial charge is 0.478 e. The van der Waals surface area contributed by atoms with Crippen molar-refractivity contribution in [3.63, 3.8) is 0 Å². The molecule has 0 bridgehead atoms. The molecule has 0 saturated carbocycles. The molecular formula is C19H12ClN3O2S. The van der Waals surface area contributed by atoms with Crippen molar-refractivity contribution in [2.45, 2.75) is 0 Å². The quantitative estimate of drug-likeness (QED) is 0.459. The molecule has 0 aliphatic heterocycles. The SMILES string of the molecule is O=C(O)c1ccccc1Nc1nc(Cl)nc2scc(-c3ccccc3)c12. The van der Waals surface area contributed by atoms with E-state index in [2.05, 4.69) is 15.3 Å². The molecular weight excluding hydrogens is 370 g/mol. The standard InChI is InChI=1S/C19H12ClN3O2S/c20-19-22-16(21-14-9-5-4-8-12(14)18(24)25)15-13(10-26-17(15)23-19)11-6-2-1-3-7-11/h1-10H,(H,24,25)(H,21,22,23). The normalized spacial score (nSPS) is 10.8. The first kappa shape index (κ1) is 16.5. The second kappa shape index (κ2) is 6.74. The summed E-state index contributed by atoms with van der Waals surface area (Å²) in [5.41, 5.74) is 2.60. The summed E-state index contributed by atoms with van der Waals surface area (Å²) in [7, 11) is 0. The molecule has 0 aliphatic carbocycles. The number of hydrogen-bond acceptors (Lipinski definition) is 5. The van der Waals surface area contributed by atoms with Crippen molar-refractivity contribution in [2.24, 2.45) is 0 Å². The van der Waals surface area contributed by atoms with Crippen molar-refractivity contribution in [1.29, 1.82) is 0 Å². The molecule has 0 amide bonds. The van der Waals surface area contributed by atoms with E-state index in [1.807, 2.05) is 35.7 Å². The third-order valence-corrected chi connectivity index (χ3v) is 4.94. The Kier molecular flexibility index (Phi) is 4.28. The average molecular weight is 382 g/mol. The summed E-state index contributed by atoms with van der Waals surface area (Å²) >= 11 is 7.54. The average Bonchev–Trinajstić information content (AvgIpc) is 3.06. The van der Waals surface area contributed by atoms with E-state index in [1.165, 1.54) is 17.4 Å². The molecule has 0 fully saturated rings. The lowest BCUT2D eigenvalue weighted by molar-refractivity contribution is 0.0698. The van der Waals surface area contributed by atoms with Crippen molar-refractivity contribution < 1.29 is 9.90 Å². The Labute approximate surface area is 157 Å². The summed E-state index contributed by atoms with van der Waals surface area (Å²) in [5.74, 6) is -0.535. The van der Waals surface area contributed by atoms with Crippen molar-refractivity contribution in [3.05, 3.63) is 70.8 Å². The van der Waals surface area contributed by atoms with Crippen LogP contribution in [0.4, 0.5) is 11.5 Å². The van der Waals surface area contributed by atoms with Gasteiger partial charge in [-0.2, -0.15) is 4.98 Å². The maximum Gasteiger partial charge on any atom is 0.337 e. The van der Waals surface area contributed by atoms with Gasteiger partial charge in [0.05, 0.1) is 16.6 Å². The maximum atomic E-state index is 11.5. The van der Waals surface area contributed by atoms with Crippen LogP contribution >= 0.6 is 22.9 Å². The van der Waals surface area contributed by atoms with E-state index in [-0.39, 0.29) is 10.8 Å².